The topological polar surface area (TPSA) is 114 Å². The summed E-state index contributed by atoms with van der Waals surface area (Å²) in [6.45, 7) is 3.28. The lowest BCUT2D eigenvalue weighted by atomic mass is 10.1. The third-order valence-corrected chi connectivity index (χ3v) is 5.86. The maximum Gasteiger partial charge on any atom is 0.261 e. The van der Waals surface area contributed by atoms with E-state index in [2.05, 4.69) is 15.4 Å². The maximum absolute atomic E-state index is 12.9. The molecule has 2 amide bonds. The molecule has 3 aromatic carbocycles. The van der Waals surface area contributed by atoms with E-state index in [1.165, 1.54) is 38.3 Å². The molecule has 9 heteroatoms. The fourth-order valence-electron chi connectivity index (χ4n) is 2.93. The number of rotatable bonds is 7. The van der Waals surface area contributed by atoms with E-state index in [0.717, 1.165) is 5.56 Å². The highest BCUT2D eigenvalue weighted by Crippen LogP contribution is 2.29. The number of nitrogens with one attached hydrogen (secondary N) is 3. The summed E-state index contributed by atoms with van der Waals surface area (Å²) in [5.41, 5.74) is 2.39. The number of methoxy groups -OCH3 is 1. The van der Waals surface area contributed by atoms with Crippen molar-refractivity contribution in [2.75, 3.05) is 22.5 Å². The Labute approximate surface area is 186 Å². The quantitative estimate of drug-likeness (QED) is 0.500. The van der Waals surface area contributed by atoms with Gasteiger partial charge in [0.05, 0.1) is 23.4 Å². The van der Waals surface area contributed by atoms with Crippen LogP contribution in [0.2, 0.25) is 0 Å². The van der Waals surface area contributed by atoms with Crippen LogP contribution in [0.1, 0.15) is 22.8 Å². The van der Waals surface area contributed by atoms with Gasteiger partial charge in [-0.2, -0.15) is 0 Å². The van der Waals surface area contributed by atoms with Crippen LogP contribution in [0.4, 0.5) is 17.1 Å². The Morgan fingerprint density at radius 1 is 0.875 bits per heavy atom. The van der Waals surface area contributed by atoms with Crippen molar-refractivity contribution < 1.29 is 22.7 Å². The standard InChI is InChI=1S/C23H23N3O5S/c1-15-7-9-17(10-8-15)23(28)25-21-14-20(11-12-22(21)31-3)32(29,30)26-19-6-4-5-18(13-19)24-16(2)27/h4-14,26H,1-3H3,(H,24,27)(H,25,28). The van der Waals surface area contributed by atoms with Crippen LogP contribution in [0.3, 0.4) is 0 Å². The lowest BCUT2D eigenvalue weighted by Crippen LogP contribution is -2.16. The summed E-state index contributed by atoms with van der Waals surface area (Å²) in [6, 6.07) is 17.5. The molecule has 0 saturated heterocycles. The molecule has 32 heavy (non-hydrogen) atoms. The molecule has 0 aliphatic carbocycles. The van der Waals surface area contributed by atoms with Crippen molar-refractivity contribution in [3.63, 3.8) is 0 Å². The zero-order valence-corrected chi connectivity index (χ0v) is 18.6. The fourth-order valence-corrected chi connectivity index (χ4v) is 4.00. The molecule has 3 N–H and O–H groups in total. The van der Waals surface area contributed by atoms with Gasteiger partial charge in [-0.3, -0.25) is 14.3 Å². The van der Waals surface area contributed by atoms with Gasteiger partial charge in [-0.1, -0.05) is 23.8 Å². The Balaban J connectivity index is 1.87. The van der Waals surface area contributed by atoms with Crippen molar-refractivity contribution in [1.82, 2.24) is 0 Å². The first-order chi connectivity index (χ1) is 15.2. The Morgan fingerprint density at radius 2 is 1.56 bits per heavy atom. The Morgan fingerprint density at radius 3 is 2.22 bits per heavy atom. The van der Waals surface area contributed by atoms with Crippen molar-refractivity contribution in [3.05, 3.63) is 77.9 Å². The number of hydrogen-bond acceptors (Lipinski definition) is 5. The molecule has 0 radical (unpaired) electrons. The van der Waals surface area contributed by atoms with Gasteiger partial charge >= 0.3 is 0 Å². The van der Waals surface area contributed by atoms with E-state index in [1.54, 1.807) is 30.3 Å². The second-order valence-electron chi connectivity index (χ2n) is 7.05. The summed E-state index contributed by atoms with van der Waals surface area (Å²) in [6.07, 6.45) is 0. The minimum absolute atomic E-state index is 0.0672. The summed E-state index contributed by atoms with van der Waals surface area (Å²) in [4.78, 5) is 23.8. The van der Waals surface area contributed by atoms with Gasteiger partial charge in [-0.05, 0) is 55.5 Å². The number of aryl methyl sites for hydroxylation is 1. The fraction of sp³-hybridized carbons (Fsp3) is 0.130. The summed E-state index contributed by atoms with van der Waals surface area (Å²) < 4.78 is 33.6. The molecule has 0 aliphatic heterocycles. The van der Waals surface area contributed by atoms with Gasteiger partial charge in [0.1, 0.15) is 5.75 Å². The molecule has 0 atom stereocenters. The summed E-state index contributed by atoms with van der Waals surface area (Å²) in [7, 11) is -2.55. The number of carbonyl (C=O) groups excluding carboxylic acids is 2. The van der Waals surface area contributed by atoms with E-state index in [1.807, 2.05) is 19.1 Å². The minimum Gasteiger partial charge on any atom is -0.495 e. The SMILES string of the molecule is COc1ccc(S(=O)(=O)Nc2cccc(NC(C)=O)c2)cc1NC(=O)c1ccc(C)cc1. The zero-order valence-electron chi connectivity index (χ0n) is 17.8. The van der Waals surface area contributed by atoms with Crippen molar-refractivity contribution in [2.45, 2.75) is 18.7 Å². The van der Waals surface area contributed by atoms with Crippen LogP contribution in [0, 0.1) is 6.92 Å². The first kappa shape index (κ1) is 22.8. The molecule has 0 fully saturated rings. The second kappa shape index (κ2) is 9.52. The number of hydrogen-bond donors (Lipinski definition) is 3. The molecule has 0 saturated carbocycles. The highest BCUT2D eigenvalue weighted by Gasteiger charge is 2.18. The van der Waals surface area contributed by atoms with Crippen molar-refractivity contribution in [1.29, 1.82) is 0 Å². The lowest BCUT2D eigenvalue weighted by Gasteiger charge is -2.14. The minimum atomic E-state index is -3.98. The largest absolute Gasteiger partial charge is 0.495 e. The van der Waals surface area contributed by atoms with E-state index in [0.29, 0.717) is 17.0 Å². The molecule has 0 bridgehead atoms. The van der Waals surface area contributed by atoms with Crippen molar-refractivity contribution in [3.8, 4) is 5.75 Å². The van der Waals surface area contributed by atoms with Crippen LogP contribution in [-0.4, -0.2) is 27.3 Å². The summed E-state index contributed by atoms with van der Waals surface area (Å²) >= 11 is 0. The van der Waals surface area contributed by atoms with Crippen LogP contribution in [-0.2, 0) is 14.8 Å². The highest BCUT2D eigenvalue weighted by atomic mass is 32.2. The van der Waals surface area contributed by atoms with E-state index in [9.17, 15) is 18.0 Å². The number of amides is 2. The van der Waals surface area contributed by atoms with E-state index in [-0.39, 0.29) is 22.2 Å². The van der Waals surface area contributed by atoms with Gasteiger partial charge in [-0.15, -0.1) is 0 Å². The number of benzene rings is 3. The van der Waals surface area contributed by atoms with Crippen LogP contribution in [0.25, 0.3) is 0 Å². The van der Waals surface area contributed by atoms with Crippen LogP contribution >= 0.6 is 0 Å². The average Bonchev–Trinajstić information content (AvgIpc) is 2.73. The molecule has 0 heterocycles. The molecule has 0 aliphatic rings. The first-order valence-corrected chi connectivity index (χ1v) is 11.1. The monoisotopic (exact) mass is 453 g/mol. The molecule has 0 unspecified atom stereocenters. The molecule has 3 rings (SSSR count). The van der Waals surface area contributed by atoms with Gasteiger partial charge in [0, 0.05) is 18.2 Å². The molecular formula is C23H23N3O5S. The predicted octanol–water partition coefficient (Wildman–Crippen LogP) is 4.02. The Bertz CT molecular complexity index is 1250. The van der Waals surface area contributed by atoms with Crippen LogP contribution < -0.4 is 20.1 Å². The van der Waals surface area contributed by atoms with Gasteiger partial charge in [0.25, 0.3) is 15.9 Å². The number of anilines is 3. The van der Waals surface area contributed by atoms with Gasteiger partial charge < -0.3 is 15.4 Å². The molecule has 0 aromatic heterocycles. The lowest BCUT2D eigenvalue weighted by molar-refractivity contribution is -0.114. The molecular weight excluding hydrogens is 430 g/mol. The average molecular weight is 454 g/mol. The number of sulfonamides is 1. The Hall–Kier alpha value is -3.85. The maximum atomic E-state index is 12.9. The predicted molar refractivity (Wildman–Crippen MR) is 124 cm³/mol. The second-order valence-corrected chi connectivity index (χ2v) is 8.73. The number of ether oxygens (including phenoxy) is 1. The molecule has 166 valence electrons. The first-order valence-electron chi connectivity index (χ1n) is 9.64. The molecule has 3 aromatic rings. The van der Waals surface area contributed by atoms with E-state index < -0.39 is 15.9 Å². The highest BCUT2D eigenvalue weighted by molar-refractivity contribution is 7.92. The zero-order chi connectivity index (χ0) is 23.3. The Kier molecular flexibility index (Phi) is 6.79. The molecule has 0 spiro atoms. The third-order valence-electron chi connectivity index (χ3n) is 4.48. The smallest absolute Gasteiger partial charge is 0.261 e. The van der Waals surface area contributed by atoms with Gasteiger partial charge in [0.15, 0.2) is 0 Å². The normalized spacial score (nSPS) is 10.8. The van der Waals surface area contributed by atoms with Crippen molar-refractivity contribution >= 4 is 38.9 Å². The summed E-state index contributed by atoms with van der Waals surface area (Å²) in [5, 5.41) is 5.30. The number of carbonyl (C=O) groups is 2. The van der Waals surface area contributed by atoms with E-state index in [4.69, 9.17) is 4.74 Å². The molecule has 8 nitrogen and oxygen atoms in total. The van der Waals surface area contributed by atoms with E-state index >= 15 is 0 Å². The van der Waals surface area contributed by atoms with Gasteiger partial charge in [-0.25, -0.2) is 8.42 Å². The van der Waals surface area contributed by atoms with Gasteiger partial charge in [0.2, 0.25) is 5.91 Å². The summed E-state index contributed by atoms with van der Waals surface area (Å²) in [5.74, 6) is -0.347. The van der Waals surface area contributed by atoms with Crippen LogP contribution in [0.5, 0.6) is 5.75 Å². The van der Waals surface area contributed by atoms with Crippen LogP contribution in [0.15, 0.2) is 71.6 Å². The van der Waals surface area contributed by atoms with Crippen molar-refractivity contribution in [2.24, 2.45) is 0 Å². The third kappa shape index (κ3) is 5.64.